The fourth-order valence-corrected chi connectivity index (χ4v) is 3.33. The van der Waals surface area contributed by atoms with Crippen LogP contribution in [0.3, 0.4) is 0 Å². The molecule has 2 heterocycles. The van der Waals surface area contributed by atoms with E-state index < -0.39 is 5.97 Å². The summed E-state index contributed by atoms with van der Waals surface area (Å²) in [6.45, 7) is 8.22. The van der Waals surface area contributed by atoms with E-state index in [0.717, 1.165) is 13.1 Å². The van der Waals surface area contributed by atoms with E-state index in [-0.39, 0.29) is 5.56 Å². The molecular formula is C14H19N3O3S. The van der Waals surface area contributed by atoms with Crippen molar-refractivity contribution in [1.82, 2.24) is 14.9 Å². The summed E-state index contributed by atoms with van der Waals surface area (Å²) in [6, 6.07) is 0. The van der Waals surface area contributed by atoms with Gasteiger partial charge in [-0.3, -0.25) is 9.69 Å². The number of rotatable bonds is 5. The first-order valence-corrected chi connectivity index (χ1v) is 7.66. The predicted octanol–water partition coefficient (Wildman–Crippen LogP) is 1.92. The van der Waals surface area contributed by atoms with Crippen molar-refractivity contribution in [3.05, 3.63) is 26.6 Å². The first-order chi connectivity index (χ1) is 10.0. The molecule has 0 radical (unpaired) electrons. The lowest BCUT2D eigenvalue weighted by Gasteiger charge is -2.16. The van der Waals surface area contributed by atoms with Crippen molar-refractivity contribution in [2.45, 2.75) is 27.3 Å². The number of hydrogen-bond donors (Lipinski definition) is 1. The quantitative estimate of drug-likeness (QED) is 0.854. The third kappa shape index (κ3) is 2.98. The van der Waals surface area contributed by atoms with Gasteiger partial charge in [0.25, 0.3) is 5.56 Å². The van der Waals surface area contributed by atoms with Gasteiger partial charge in [0.15, 0.2) is 0 Å². The van der Waals surface area contributed by atoms with Crippen LogP contribution in [0.1, 0.15) is 34.9 Å². The molecule has 0 bridgehead atoms. The molecule has 21 heavy (non-hydrogen) atoms. The van der Waals surface area contributed by atoms with Gasteiger partial charge in [0.1, 0.15) is 15.5 Å². The van der Waals surface area contributed by atoms with Crippen molar-refractivity contribution in [2.24, 2.45) is 0 Å². The summed E-state index contributed by atoms with van der Waals surface area (Å²) in [5, 5.41) is 0.476. The molecule has 2 aromatic rings. The highest BCUT2D eigenvalue weighted by Gasteiger charge is 2.19. The van der Waals surface area contributed by atoms with Crippen LogP contribution in [0.4, 0.5) is 0 Å². The van der Waals surface area contributed by atoms with Crippen molar-refractivity contribution >= 4 is 27.5 Å². The zero-order valence-electron chi connectivity index (χ0n) is 12.6. The number of nitrogens with zero attached hydrogens (tertiary/aromatic N) is 2. The Bertz CT molecular complexity index is 716. The first-order valence-electron chi connectivity index (χ1n) is 6.84. The lowest BCUT2D eigenvalue weighted by molar-refractivity contribution is 0.0605. The molecule has 1 N–H and O–H groups in total. The van der Waals surface area contributed by atoms with Gasteiger partial charge < -0.3 is 9.72 Å². The molecule has 0 aliphatic heterocycles. The number of ether oxygens (including phenoxy) is 1. The standard InChI is InChI=1S/C14H19N3O3S/c1-5-17(6-2)7-9-15-12(18)10-8(3)11(14(19)20-4)21-13(10)16-9/h5-7H2,1-4H3,(H,15,16,18). The van der Waals surface area contributed by atoms with Gasteiger partial charge in [0.2, 0.25) is 0 Å². The Labute approximate surface area is 126 Å². The van der Waals surface area contributed by atoms with Crippen molar-refractivity contribution in [3.63, 3.8) is 0 Å². The molecule has 0 amide bonds. The highest BCUT2D eigenvalue weighted by Crippen LogP contribution is 2.27. The Hall–Kier alpha value is -1.73. The van der Waals surface area contributed by atoms with E-state index in [9.17, 15) is 9.59 Å². The minimum atomic E-state index is -0.430. The van der Waals surface area contributed by atoms with E-state index in [1.165, 1.54) is 18.4 Å². The summed E-state index contributed by atoms with van der Waals surface area (Å²) in [6.07, 6.45) is 0. The van der Waals surface area contributed by atoms with E-state index in [2.05, 4.69) is 28.7 Å². The van der Waals surface area contributed by atoms with Crippen molar-refractivity contribution < 1.29 is 9.53 Å². The zero-order valence-corrected chi connectivity index (χ0v) is 13.5. The monoisotopic (exact) mass is 309 g/mol. The lowest BCUT2D eigenvalue weighted by atomic mass is 10.2. The number of methoxy groups -OCH3 is 1. The number of nitrogens with one attached hydrogen (secondary N) is 1. The summed E-state index contributed by atoms with van der Waals surface area (Å²) in [4.78, 5) is 34.4. The molecule has 0 unspecified atom stereocenters. The molecule has 0 spiro atoms. The molecule has 114 valence electrons. The molecule has 0 aromatic carbocycles. The first kappa shape index (κ1) is 15.7. The van der Waals surface area contributed by atoms with E-state index in [1.807, 2.05) is 0 Å². The van der Waals surface area contributed by atoms with Crippen molar-refractivity contribution in [1.29, 1.82) is 0 Å². The number of thiophene rings is 1. The van der Waals surface area contributed by atoms with Crippen LogP contribution in [0.25, 0.3) is 10.2 Å². The number of carbonyl (C=O) groups is 1. The summed E-state index contributed by atoms with van der Waals surface area (Å²) in [7, 11) is 1.33. The van der Waals surface area contributed by atoms with Gasteiger partial charge >= 0.3 is 5.97 Å². The van der Waals surface area contributed by atoms with Gasteiger partial charge in [-0.1, -0.05) is 13.8 Å². The maximum Gasteiger partial charge on any atom is 0.348 e. The fraction of sp³-hybridized carbons (Fsp3) is 0.500. The largest absolute Gasteiger partial charge is 0.465 e. The minimum absolute atomic E-state index is 0.203. The molecule has 7 heteroatoms. The number of aryl methyl sites for hydroxylation is 1. The third-order valence-electron chi connectivity index (χ3n) is 3.49. The number of aromatic amines is 1. The molecule has 0 aliphatic carbocycles. The predicted molar refractivity (Wildman–Crippen MR) is 82.9 cm³/mol. The molecule has 0 saturated heterocycles. The van der Waals surface area contributed by atoms with E-state index in [4.69, 9.17) is 4.74 Å². The average Bonchev–Trinajstić information content (AvgIpc) is 2.81. The smallest absolute Gasteiger partial charge is 0.348 e. The minimum Gasteiger partial charge on any atom is -0.465 e. The number of fused-ring (bicyclic) bond motifs is 1. The number of esters is 1. The topological polar surface area (TPSA) is 75.3 Å². The second kappa shape index (κ2) is 6.36. The number of hydrogen-bond acceptors (Lipinski definition) is 6. The Morgan fingerprint density at radius 3 is 2.62 bits per heavy atom. The highest BCUT2D eigenvalue weighted by molar-refractivity contribution is 7.20. The van der Waals surface area contributed by atoms with Gasteiger partial charge in [0, 0.05) is 0 Å². The Morgan fingerprint density at radius 2 is 2.05 bits per heavy atom. The van der Waals surface area contributed by atoms with Crippen LogP contribution in [0.2, 0.25) is 0 Å². The average molecular weight is 309 g/mol. The van der Waals surface area contributed by atoms with Crippen LogP contribution in [0, 0.1) is 6.92 Å². The summed E-state index contributed by atoms with van der Waals surface area (Å²) >= 11 is 1.20. The van der Waals surface area contributed by atoms with Gasteiger partial charge in [0.05, 0.1) is 19.0 Å². The molecule has 0 atom stereocenters. The second-order valence-electron chi connectivity index (χ2n) is 4.70. The van der Waals surface area contributed by atoms with E-state index >= 15 is 0 Å². The summed E-state index contributed by atoms with van der Waals surface area (Å²) in [5.41, 5.74) is 0.427. The normalized spacial score (nSPS) is 11.3. The van der Waals surface area contributed by atoms with Crippen LogP contribution in [-0.2, 0) is 11.3 Å². The van der Waals surface area contributed by atoms with E-state index in [0.29, 0.717) is 33.0 Å². The van der Waals surface area contributed by atoms with Crippen molar-refractivity contribution in [2.75, 3.05) is 20.2 Å². The molecule has 0 saturated carbocycles. The van der Waals surface area contributed by atoms with Gasteiger partial charge in [-0.15, -0.1) is 11.3 Å². The van der Waals surface area contributed by atoms with Crippen LogP contribution >= 0.6 is 11.3 Å². The molecule has 0 fully saturated rings. The Balaban J connectivity index is 2.51. The van der Waals surface area contributed by atoms with Gasteiger partial charge in [-0.05, 0) is 25.6 Å². The second-order valence-corrected chi connectivity index (χ2v) is 5.70. The van der Waals surface area contributed by atoms with Crippen LogP contribution in [0.5, 0.6) is 0 Å². The van der Waals surface area contributed by atoms with Crippen molar-refractivity contribution in [3.8, 4) is 0 Å². The number of H-pyrrole nitrogens is 1. The molecule has 0 aliphatic rings. The number of aromatic nitrogens is 2. The molecule has 6 nitrogen and oxygen atoms in total. The third-order valence-corrected chi connectivity index (χ3v) is 4.65. The maximum absolute atomic E-state index is 12.2. The van der Waals surface area contributed by atoms with Crippen LogP contribution < -0.4 is 5.56 Å². The van der Waals surface area contributed by atoms with Crippen LogP contribution in [0.15, 0.2) is 4.79 Å². The number of carbonyl (C=O) groups excluding carboxylic acids is 1. The molecule has 2 rings (SSSR count). The summed E-state index contributed by atoms with van der Waals surface area (Å²) in [5.74, 6) is 0.189. The molecular weight excluding hydrogens is 290 g/mol. The SMILES string of the molecule is CCN(CC)Cc1nc2sc(C(=O)OC)c(C)c2c(=O)[nH]1. The lowest BCUT2D eigenvalue weighted by Crippen LogP contribution is -2.25. The van der Waals surface area contributed by atoms with E-state index in [1.54, 1.807) is 6.92 Å². The maximum atomic E-state index is 12.2. The molecule has 2 aromatic heterocycles. The zero-order chi connectivity index (χ0) is 15.6. The fourth-order valence-electron chi connectivity index (χ4n) is 2.21. The summed E-state index contributed by atoms with van der Waals surface area (Å²) < 4.78 is 4.74. The Kier molecular flexibility index (Phi) is 4.74. The van der Waals surface area contributed by atoms with Gasteiger partial charge in [-0.25, -0.2) is 9.78 Å². The highest BCUT2D eigenvalue weighted by atomic mass is 32.1. The van der Waals surface area contributed by atoms with Gasteiger partial charge in [-0.2, -0.15) is 0 Å². The Morgan fingerprint density at radius 1 is 1.38 bits per heavy atom. The van der Waals surface area contributed by atoms with Crippen LogP contribution in [-0.4, -0.2) is 41.0 Å².